The molecule has 1 atom stereocenters. The van der Waals surface area contributed by atoms with Crippen LogP contribution < -0.4 is 10.5 Å². The molecule has 6 heteroatoms. The average molecular weight is 291 g/mol. The minimum atomic E-state index is -0.203. The quantitative estimate of drug-likeness (QED) is 0.822. The number of Topliss-reactive ketones (excluding diaryl/α,β-unsaturated/α-hetero) is 1. The lowest BCUT2D eigenvalue weighted by molar-refractivity contribution is -0.123. The molecule has 0 N–H and O–H groups in total. The third-order valence-corrected chi connectivity index (χ3v) is 4.27. The summed E-state index contributed by atoms with van der Waals surface area (Å²) in [6, 6.07) is 1.59. The van der Waals surface area contributed by atoms with E-state index in [0.717, 1.165) is 38.0 Å². The maximum atomic E-state index is 12.1. The highest BCUT2D eigenvalue weighted by atomic mass is 16.5. The van der Waals surface area contributed by atoms with Gasteiger partial charge in [-0.3, -0.25) is 9.59 Å². The molecule has 114 valence electrons. The van der Waals surface area contributed by atoms with Crippen LogP contribution in [0.3, 0.4) is 0 Å². The Morgan fingerprint density at radius 3 is 2.81 bits per heavy atom. The molecule has 6 nitrogen and oxygen atoms in total. The first kappa shape index (κ1) is 14.3. The third-order valence-electron chi connectivity index (χ3n) is 4.27. The van der Waals surface area contributed by atoms with E-state index in [2.05, 4.69) is 10.00 Å². The van der Waals surface area contributed by atoms with Crippen molar-refractivity contribution >= 4 is 11.5 Å². The first-order chi connectivity index (χ1) is 10.2. The van der Waals surface area contributed by atoms with Gasteiger partial charge in [0.25, 0.3) is 5.56 Å². The predicted octanol–water partition coefficient (Wildman–Crippen LogP) is 0.839. The van der Waals surface area contributed by atoms with Gasteiger partial charge >= 0.3 is 0 Å². The molecule has 1 unspecified atom stereocenters. The van der Waals surface area contributed by atoms with Gasteiger partial charge < -0.3 is 9.64 Å². The van der Waals surface area contributed by atoms with Crippen LogP contribution in [0.5, 0.6) is 0 Å². The summed E-state index contributed by atoms with van der Waals surface area (Å²) < 4.78 is 6.47. The molecule has 3 rings (SSSR count). The summed E-state index contributed by atoms with van der Waals surface area (Å²) in [7, 11) is 0. The molecule has 0 aromatic carbocycles. The number of aromatic nitrogens is 2. The Hall–Kier alpha value is -1.69. The molecule has 1 aromatic rings. The molecule has 0 radical (unpaired) electrons. The standard InChI is InChI=1S/C15H21N3O3/c19-14(12-4-7-21-11-12)10-18-15(20)8-13(9-16-18)17-5-2-1-3-6-17/h8-9,12H,1-7,10-11H2. The second-order valence-corrected chi connectivity index (χ2v) is 5.78. The fraction of sp³-hybridized carbons (Fsp3) is 0.667. The zero-order valence-electron chi connectivity index (χ0n) is 12.2. The van der Waals surface area contributed by atoms with Crippen molar-refractivity contribution < 1.29 is 9.53 Å². The van der Waals surface area contributed by atoms with Gasteiger partial charge in [0.15, 0.2) is 5.78 Å². The highest BCUT2D eigenvalue weighted by Crippen LogP contribution is 2.17. The summed E-state index contributed by atoms with van der Waals surface area (Å²) in [5.74, 6) is -0.0479. The van der Waals surface area contributed by atoms with E-state index in [1.165, 1.54) is 11.1 Å². The number of hydrogen-bond acceptors (Lipinski definition) is 5. The SMILES string of the molecule is O=C(Cn1ncc(N2CCCCC2)cc1=O)C1CCOC1. The van der Waals surface area contributed by atoms with Gasteiger partial charge in [-0.1, -0.05) is 0 Å². The molecule has 0 bridgehead atoms. The van der Waals surface area contributed by atoms with Gasteiger partial charge in [-0.25, -0.2) is 4.68 Å². The summed E-state index contributed by atoms with van der Waals surface area (Å²) in [5.41, 5.74) is 0.665. The van der Waals surface area contributed by atoms with Crippen LogP contribution in [0.15, 0.2) is 17.1 Å². The van der Waals surface area contributed by atoms with Crippen LogP contribution in [0.25, 0.3) is 0 Å². The van der Waals surface area contributed by atoms with Crippen molar-refractivity contribution in [1.82, 2.24) is 9.78 Å². The van der Waals surface area contributed by atoms with Crippen molar-refractivity contribution in [2.24, 2.45) is 5.92 Å². The maximum absolute atomic E-state index is 12.1. The van der Waals surface area contributed by atoms with Gasteiger partial charge in [-0.15, -0.1) is 0 Å². The smallest absolute Gasteiger partial charge is 0.269 e. The van der Waals surface area contributed by atoms with Crippen LogP contribution in [0.1, 0.15) is 25.7 Å². The molecule has 0 saturated carbocycles. The van der Waals surface area contributed by atoms with Crippen molar-refractivity contribution in [3.63, 3.8) is 0 Å². The zero-order chi connectivity index (χ0) is 14.7. The van der Waals surface area contributed by atoms with Crippen LogP contribution >= 0.6 is 0 Å². The summed E-state index contributed by atoms with van der Waals surface area (Å²) in [4.78, 5) is 26.4. The summed E-state index contributed by atoms with van der Waals surface area (Å²) >= 11 is 0. The lowest BCUT2D eigenvalue weighted by Gasteiger charge is -2.28. The molecule has 0 amide bonds. The Morgan fingerprint density at radius 1 is 1.33 bits per heavy atom. The number of ether oxygens (including phenoxy) is 1. The van der Waals surface area contributed by atoms with E-state index >= 15 is 0 Å². The fourth-order valence-electron chi connectivity index (χ4n) is 2.93. The largest absolute Gasteiger partial charge is 0.381 e. The Morgan fingerprint density at radius 2 is 2.14 bits per heavy atom. The van der Waals surface area contributed by atoms with Gasteiger partial charge in [0.1, 0.15) is 6.54 Å². The number of rotatable bonds is 4. The van der Waals surface area contributed by atoms with Crippen LogP contribution in [0.4, 0.5) is 5.69 Å². The van der Waals surface area contributed by atoms with Crippen molar-refractivity contribution in [1.29, 1.82) is 0 Å². The molecule has 2 aliphatic rings. The minimum Gasteiger partial charge on any atom is -0.381 e. The Kier molecular flexibility index (Phi) is 4.34. The second-order valence-electron chi connectivity index (χ2n) is 5.78. The van der Waals surface area contributed by atoms with Gasteiger partial charge in [0.05, 0.1) is 18.5 Å². The van der Waals surface area contributed by atoms with E-state index in [1.807, 2.05) is 0 Å². The fourth-order valence-corrected chi connectivity index (χ4v) is 2.93. The number of ketones is 1. The summed E-state index contributed by atoms with van der Waals surface area (Å²) in [6.45, 7) is 3.10. The number of anilines is 1. The normalized spacial score (nSPS) is 22.5. The van der Waals surface area contributed by atoms with E-state index in [4.69, 9.17) is 4.74 Å². The summed E-state index contributed by atoms with van der Waals surface area (Å²) in [6.07, 6.45) is 6.01. The molecular weight excluding hydrogens is 270 g/mol. The van der Waals surface area contributed by atoms with E-state index in [1.54, 1.807) is 12.3 Å². The molecule has 2 fully saturated rings. The van der Waals surface area contributed by atoms with E-state index < -0.39 is 0 Å². The predicted molar refractivity (Wildman–Crippen MR) is 78.5 cm³/mol. The van der Waals surface area contributed by atoms with Crippen molar-refractivity contribution in [2.45, 2.75) is 32.2 Å². The molecule has 2 aliphatic heterocycles. The highest BCUT2D eigenvalue weighted by molar-refractivity contribution is 5.81. The molecular formula is C15H21N3O3. The number of carbonyl (C=O) groups excluding carboxylic acids is 1. The van der Waals surface area contributed by atoms with Crippen molar-refractivity contribution in [3.05, 3.63) is 22.6 Å². The number of piperidine rings is 1. The van der Waals surface area contributed by atoms with Crippen LogP contribution in [0.2, 0.25) is 0 Å². The average Bonchev–Trinajstić information content (AvgIpc) is 3.04. The van der Waals surface area contributed by atoms with Crippen LogP contribution in [-0.4, -0.2) is 41.9 Å². The highest BCUT2D eigenvalue weighted by Gasteiger charge is 2.24. The topological polar surface area (TPSA) is 64.4 Å². The first-order valence-corrected chi connectivity index (χ1v) is 7.66. The van der Waals surface area contributed by atoms with Crippen LogP contribution in [0, 0.1) is 5.92 Å². The Balaban J connectivity index is 1.69. The monoisotopic (exact) mass is 291 g/mol. The number of nitrogens with zero attached hydrogens (tertiary/aromatic N) is 3. The number of hydrogen-bond donors (Lipinski definition) is 0. The van der Waals surface area contributed by atoms with Gasteiger partial charge in [0.2, 0.25) is 0 Å². The molecule has 3 heterocycles. The molecule has 0 spiro atoms. The van der Waals surface area contributed by atoms with Crippen molar-refractivity contribution in [2.75, 3.05) is 31.2 Å². The lowest BCUT2D eigenvalue weighted by atomic mass is 10.0. The maximum Gasteiger partial charge on any atom is 0.269 e. The number of carbonyl (C=O) groups is 1. The van der Waals surface area contributed by atoms with E-state index in [9.17, 15) is 9.59 Å². The van der Waals surface area contributed by atoms with Gasteiger partial charge in [-0.05, 0) is 25.7 Å². The minimum absolute atomic E-state index is 0.0350. The molecule has 1 aromatic heterocycles. The molecule has 21 heavy (non-hydrogen) atoms. The van der Waals surface area contributed by atoms with Gasteiger partial charge in [0, 0.05) is 31.7 Å². The summed E-state index contributed by atoms with van der Waals surface area (Å²) in [5, 5.41) is 4.17. The first-order valence-electron chi connectivity index (χ1n) is 7.66. The van der Waals surface area contributed by atoms with E-state index in [0.29, 0.717) is 13.2 Å². The van der Waals surface area contributed by atoms with Crippen LogP contribution in [-0.2, 0) is 16.1 Å². The third kappa shape index (κ3) is 3.32. The molecule has 0 aliphatic carbocycles. The van der Waals surface area contributed by atoms with Crippen molar-refractivity contribution in [3.8, 4) is 0 Å². The molecule has 2 saturated heterocycles. The van der Waals surface area contributed by atoms with Gasteiger partial charge in [-0.2, -0.15) is 5.10 Å². The van der Waals surface area contributed by atoms with E-state index in [-0.39, 0.29) is 23.8 Å². The zero-order valence-corrected chi connectivity index (χ0v) is 12.2. The second kappa shape index (κ2) is 6.39. The Bertz CT molecular complexity index is 558. The lowest BCUT2D eigenvalue weighted by Crippen LogP contribution is -2.33. The Labute approximate surface area is 123 Å².